The number of unbranched alkanes of at least 4 members (excludes halogenated alkanes) is 18. The van der Waals surface area contributed by atoms with E-state index in [4.69, 9.17) is 14.2 Å². The van der Waals surface area contributed by atoms with Gasteiger partial charge < -0.3 is 9.47 Å². The van der Waals surface area contributed by atoms with Gasteiger partial charge in [-0.25, -0.2) is 9.80 Å². The van der Waals surface area contributed by atoms with Crippen molar-refractivity contribution < 1.29 is 14.2 Å². The number of hydrogen-bond donors (Lipinski definition) is 0. The molecule has 0 amide bonds. The molecular formula is C36H66N2O3. The Bertz CT molecular complexity index is 654. The summed E-state index contributed by atoms with van der Waals surface area (Å²) in [5.74, 6) is 1.67. The second kappa shape index (κ2) is 24.2. The Morgan fingerprint density at radius 3 is 1.02 bits per heavy atom. The first-order chi connectivity index (χ1) is 20.2. The van der Waals surface area contributed by atoms with E-state index >= 15 is 0 Å². The maximum atomic E-state index is 6.63. The first-order valence-corrected chi connectivity index (χ1v) is 17.8. The van der Waals surface area contributed by atoms with E-state index < -0.39 is 12.8 Å². The second-order valence-electron chi connectivity index (χ2n) is 12.1. The first-order valence-electron chi connectivity index (χ1n) is 17.8. The third kappa shape index (κ3) is 16.2. The van der Waals surface area contributed by atoms with Crippen LogP contribution in [0, 0.1) is 0 Å². The lowest BCUT2D eigenvalue weighted by atomic mass is 10.1. The number of nitrogens with zero attached hydrogens (tertiary/aromatic N) is 2. The van der Waals surface area contributed by atoms with Gasteiger partial charge >= 0.3 is 0 Å². The number of benzene rings is 1. The Labute approximate surface area is 254 Å². The van der Waals surface area contributed by atoms with Gasteiger partial charge in [0.15, 0.2) is 0 Å². The van der Waals surface area contributed by atoms with Crippen molar-refractivity contribution in [2.75, 3.05) is 26.2 Å². The topological polar surface area (TPSA) is 34.2 Å². The predicted molar refractivity (Wildman–Crippen MR) is 175 cm³/mol. The third-order valence-corrected chi connectivity index (χ3v) is 8.54. The lowest BCUT2D eigenvalue weighted by molar-refractivity contribution is -0.285. The normalized spacial score (nSPS) is 16.9. The van der Waals surface area contributed by atoms with E-state index in [1.165, 1.54) is 128 Å². The highest BCUT2D eigenvalue weighted by Gasteiger charge is 2.30. The molecule has 2 unspecified atom stereocenters. The molecule has 2 heterocycles. The van der Waals surface area contributed by atoms with Gasteiger partial charge in [-0.3, -0.25) is 4.74 Å². The van der Waals surface area contributed by atoms with Crippen molar-refractivity contribution in [2.24, 2.45) is 0 Å². The Balaban J connectivity index is 1.78. The van der Waals surface area contributed by atoms with E-state index in [2.05, 4.69) is 37.5 Å². The molecule has 0 saturated carbocycles. The lowest BCUT2D eigenvalue weighted by Crippen LogP contribution is -2.50. The molecule has 5 heteroatoms. The highest BCUT2D eigenvalue weighted by Crippen LogP contribution is 2.26. The van der Waals surface area contributed by atoms with Gasteiger partial charge in [-0.1, -0.05) is 143 Å². The van der Waals surface area contributed by atoms with Gasteiger partial charge in [0.2, 0.25) is 0 Å². The minimum Gasteiger partial charge on any atom is -0.451 e. The average molecular weight is 575 g/mol. The van der Waals surface area contributed by atoms with E-state index in [1.54, 1.807) is 0 Å². The summed E-state index contributed by atoms with van der Waals surface area (Å²) in [4.78, 5) is 4.65. The number of hydrogen-bond acceptors (Lipinski definition) is 5. The van der Waals surface area contributed by atoms with Gasteiger partial charge in [-0.2, -0.15) is 0 Å². The molecule has 0 fully saturated rings. The van der Waals surface area contributed by atoms with Crippen LogP contribution in [0.1, 0.15) is 156 Å². The van der Waals surface area contributed by atoms with E-state index in [1.807, 2.05) is 24.3 Å². The Morgan fingerprint density at radius 2 is 0.732 bits per heavy atom. The van der Waals surface area contributed by atoms with Gasteiger partial charge in [-0.15, -0.1) is 0 Å². The zero-order valence-corrected chi connectivity index (χ0v) is 27.6. The molecule has 1 aromatic carbocycles. The van der Waals surface area contributed by atoms with E-state index in [-0.39, 0.29) is 0 Å². The van der Waals surface area contributed by atoms with Crippen LogP contribution in [0.5, 0.6) is 11.5 Å². The average Bonchev–Trinajstić information content (AvgIpc) is 3.13. The van der Waals surface area contributed by atoms with Crippen molar-refractivity contribution in [1.29, 1.82) is 0 Å². The summed E-state index contributed by atoms with van der Waals surface area (Å²) in [7, 11) is 0. The standard InChI is InChI=1S/C36H66N2O3/c1-5-9-11-13-15-17-19-21-23-25-31-37(7-3)35-39-33-27-29-34(30-28-33)40-36(41-35)38(8-4)32-26-24-22-20-18-16-14-12-10-6-2/h27-30,35-36H,5-26,31-32H2,1-4H3. The number of fused-ring (bicyclic) bond motifs is 6. The van der Waals surface area contributed by atoms with Crippen molar-refractivity contribution in [3.8, 4) is 11.5 Å². The lowest BCUT2D eigenvalue weighted by Gasteiger charge is -2.36. The SMILES string of the molecule is CCCCCCCCCCCCN(CC)C1Oc2ccc(cc2)OC(N(CC)CCCCCCCCCCCC)O1. The maximum Gasteiger partial charge on any atom is 0.266 e. The molecule has 0 aliphatic carbocycles. The van der Waals surface area contributed by atoms with Crippen LogP contribution >= 0.6 is 0 Å². The van der Waals surface area contributed by atoms with Crippen LogP contribution in [0.15, 0.2) is 24.3 Å². The quantitative estimate of drug-likeness (QED) is 0.103. The van der Waals surface area contributed by atoms with Crippen molar-refractivity contribution in [3.63, 3.8) is 0 Å². The largest absolute Gasteiger partial charge is 0.451 e. The molecule has 238 valence electrons. The molecule has 2 bridgehead atoms. The fourth-order valence-electron chi connectivity index (χ4n) is 5.74. The summed E-state index contributed by atoms with van der Waals surface area (Å²) >= 11 is 0. The fraction of sp³-hybridized carbons (Fsp3) is 0.833. The predicted octanol–water partition coefficient (Wildman–Crippen LogP) is 10.5. The van der Waals surface area contributed by atoms with Gasteiger partial charge in [0.25, 0.3) is 12.8 Å². The Kier molecular flexibility index (Phi) is 21.2. The van der Waals surface area contributed by atoms with Crippen molar-refractivity contribution in [3.05, 3.63) is 24.3 Å². The molecule has 0 spiro atoms. The zero-order valence-electron chi connectivity index (χ0n) is 27.6. The van der Waals surface area contributed by atoms with Gasteiger partial charge in [0.1, 0.15) is 11.5 Å². The van der Waals surface area contributed by atoms with Gasteiger partial charge in [0.05, 0.1) is 0 Å². The molecule has 5 nitrogen and oxygen atoms in total. The summed E-state index contributed by atoms with van der Waals surface area (Å²) < 4.78 is 19.4. The number of ether oxygens (including phenoxy) is 3. The summed E-state index contributed by atoms with van der Waals surface area (Å²) in [6, 6.07) is 8.00. The van der Waals surface area contributed by atoms with Gasteiger partial charge in [0, 0.05) is 26.2 Å². The third-order valence-electron chi connectivity index (χ3n) is 8.54. The molecule has 0 N–H and O–H groups in total. The number of rotatable bonds is 26. The molecule has 0 saturated heterocycles. The van der Waals surface area contributed by atoms with Crippen LogP contribution in [0.4, 0.5) is 0 Å². The Hall–Kier alpha value is -1.30. The minimum absolute atomic E-state index is 0.452. The summed E-state index contributed by atoms with van der Waals surface area (Å²) in [5.41, 5.74) is 0. The van der Waals surface area contributed by atoms with E-state index in [0.717, 1.165) is 37.7 Å². The van der Waals surface area contributed by atoms with Crippen molar-refractivity contribution in [2.45, 2.75) is 169 Å². The van der Waals surface area contributed by atoms with Crippen LogP contribution in [0.2, 0.25) is 0 Å². The molecule has 0 radical (unpaired) electrons. The van der Waals surface area contributed by atoms with Gasteiger partial charge in [-0.05, 0) is 37.1 Å². The molecular weight excluding hydrogens is 508 g/mol. The molecule has 2 aliphatic heterocycles. The van der Waals surface area contributed by atoms with Crippen LogP contribution in [-0.4, -0.2) is 48.8 Å². The molecule has 1 aromatic rings. The Morgan fingerprint density at radius 1 is 0.439 bits per heavy atom. The summed E-state index contributed by atoms with van der Waals surface area (Å²) in [6.45, 7) is 12.7. The monoisotopic (exact) mass is 575 g/mol. The van der Waals surface area contributed by atoms with Crippen LogP contribution < -0.4 is 9.47 Å². The molecule has 2 atom stereocenters. The highest BCUT2D eigenvalue weighted by atomic mass is 16.8. The van der Waals surface area contributed by atoms with Crippen LogP contribution in [0.3, 0.4) is 0 Å². The second-order valence-corrected chi connectivity index (χ2v) is 12.1. The first kappa shape index (κ1) is 35.9. The molecule has 41 heavy (non-hydrogen) atoms. The van der Waals surface area contributed by atoms with Crippen molar-refractivity contribution >= 4 is 0 Å². The van der Waals surface area contributed by atoms with E-state index in [0.29, 0.717) is 0 Å². The molecule has 0 aromatic heterocycles. The van der Waals surface area contributed by atoms with E-state index in [9.17, 15) is 0 Å². The zero-order chi connectivity index (χ0) is 29.4. The maximum absolute atomic E-state index is 6.63. The molecule has 3 rings (SSSR count). The smallest absolute Gasteiger partial charge is 0.266 e. The fourth-order valence-corrected chi connectivity index (χ4v) is 5.74. The summed E-state index contributed by atoms with van der Waals surface area (Å²) in [6.07, 6.45) is 26.0. The van der Waals surface area contributed by atoms with Crippen LogP contribution in [0.25, 0.3) is 0 Å². The minimum atomic E-state index is -0.452. The summed E-state index contributed by atoms with van der Waals surface area (Å²) in [5, 5.41) is 0. The molecule has 2 aliphatic rings. The van der Waals surface area contributed by atoms with Crippen LogP contribution in [-0.2, 0) is 4.74 Å². The highest BCUT2D eigenvalue weighted by molar-refractivity contribution is 5.31. The van der Waals surface area contributed by atoms with Crippen molar-refractivity contribution in [1.82, 2.24) is 9.80 Å².